The standard InChI is InChI=1S/C12H13NO/c1-8(12(13)14)10-7-6-9-4-2-3-5-11(9)10/h2-8,10H,1H3,(H2,13,14). The Kier molecular flexibility index (Phi) is 2.12. The van der Waals surface area contributed by atoms with Crippen molar-refractivity contribution in [1.82, 2.24) is 0 Å². The third-order valence-corrected chi connectivity index (χ3v) is 2.83. The summed E-state index contributed by atoms with van der Waals surface area (Å²) in [4.78, 5) is 11.1. The minimum atomic E-state index is -0.239. The predicted octanol–water partition coefficient (Wildman–Crippen LogP) is 1.92. The Morgan fingerprint density at radius 2 is 2.14 bits per heavy atom. The predicted molar refractivity (Wildman–Crippen MR) is 56.6 cm³/mol. The van der Waals surface area contributed by atoms with E-state index in [0.29, 0.717) is 0 Å². The molecular weight excluding hydrogens is 174 g/mol. The lowest BCUT2D eigenvalue weighted by atomic mass is 9.89. The van der Waals surface area contributed by atoms with Crippen molar-refractivity contribution in [3.63, 3.8) is 0 Å². The van der Waals surface area contributed by atoms with Gasteiger partial charge in [0.2, 0.25) is 5.91 Å². The number of carbonyl (C=O) groups excluding carboxylic acids is 1. The molecule has 2 nitrogen and oxygen atoms in total. The van der Waals surface area contributed by atoms with Gasteiger partial charge >= 0.3 is 0 Å². The molecule has 1 aliphatic carbocycles. The lowest BCUT2D eigenvalue weighted by Crippen LogP contribution is -2.24. The van der Waals surface area contributed by atoms with E-state index in [1.807, 2.05) is 19.1 Å². The normalized spacial score (nSPS) is 20.5. The van der Waals surface area contributed by atoms with Crippen molar-refractivity contribution in [3.05, 3.63) is 41.5 Å². The number of nitrogens with two attached hydrogens (primary N) is 1. The number of hydrogen-bond acceptors (Lipinski definition) is 1. The number of allylic oxidation sites excluding steroid dienone is 1. The Morgan fingerprint density at radius 3 is 2.86 bits per heavy atom. The van der Waals surface area contributed by atoms with Crippen molar-refractivity contribution in [1.29, 1.82) is 0 Å². The van der Waals surface area contributed by atoms with Gasteiger partial charge in [0.05, 0.1) is 0 Å². The van der Waals surface area contributed by atoms with Gasteiger partial charge in [-0.05, 0) is 11.1 Å². The fourth-order valence-corrected chi connectivity index (χ4v) is 1.89. The van der Waals surface area contributed by atoms with E-state index in [-0.39, 0.29) is 17.7 Å². The maximum atomic E-state index is 11.1. The van der Waals surface area contributed by atoms with Crippen LogP contribution in [-0.2, 0) is 4.79 Å². The molecule has 0 radical (unpaired) electrons. The first-order valence-electron chi connectivity index (χ1n) is 4.76. The van der Waals surface area contributed by atoms with Crippen molar-refractivity contribution in [2.24, 2.45) is 11.7 Å². The van der Waals surface area contributed by atoms with E-state index < -0.39 is 0 Å². The zero-order valence-electron chi connectivity index (χ0n) is 8.10. The van der Waals surface area contributed by atoms with Crippen LogP contribution in [0, 0.1) is 5.92 Å². The van der Waals surface area contributed by atoms with E-state index in [1.54, 1.807) is 0 Å². The molecule has 2 rings (SSSR count). The number of primary amides is 1. The molecule has 0 heterocycles. The topological polar surface area (TPSA) is 43.1 Å². The van der Waals surface area contributed by atoms with Crippen LogP contribution >= 0.6 is 0 Å². The molecule has 0 aromatic heterocycles. The molecule has 0 saturated heterocycles. The Morgan fingerprint density at radius 1 is 1.43 bits per heavy atom. The van der Waals surface area contributed by atoms with E-state index >= 15 is 0 Å². The van der Waals surface area contributed by atoms with Crippen LogP contribution in [0.4, 0.5) is 0 Å². The molecule has 1 aromatic carbocycles. The summed E-state index contributed by atoms with van der Waals surface area (Å²) in [6.07, 6.45) is 4.11. The maximum absolute atomic E-state index is 11.1. The van der Waals surface area contributed by atoms with E-state index in [2.05, 4.69) is 24.3 Å². The summed E-state index contributed by atoms with van der Waals surface area (Å²) >= 11 is 0. The minimum absolute atomic E-state index is 0.130. The summed E-state index contributed by atoms with van der Waals surface area (Å²) in [5, 5.41) is 0. The molecule has 14 heavy (non-hydrogen) atoms. The van der Waals surface area contributed by atoms with Crippen LogP contribution in [0.2, 0.25) is 0 Å². The van der Waals surface area contributed by atoms with Gasteiger partial charge in [-0.3, -0.25) is 4.79 Å². The Labute approximate surface area is 83.4 Å². The number of benzene rings is 1. The lowest BCUT2D eigenvalue weighted by Gasteiger charge is -2.15. The molecule has 0 aliphatic heterocycles. The van der Waals surface area contributed by atoms with Gasteiger partial charge in [0.15, 0.2) is 0 Å². The largest absolute Gasteiger partial charge is 0.369 e. The molecule has 0 bridgehead atoms. The van der Waals surface area contributed by atoms with Crippen LogP contribution < -0.4 is 5.73 Å². The van der Waals surface area contributed by atoms with E-state index in [4.69, 9.17) is 5.73 Å². The monoisotopic (exact) mass is 187 g/mol. The number of hydrogen-bond donors (Lipinski definition) is 1. The number of rotatable bonds is 2. The third kappa shape index (κ3) is 1.33. The van der Waals surface area contributed by atoms with Crippen molar-refractivity contribution < 1.29 is 4.79 Å². The molecule has 2 atom stereocenters. The maximum Gasteiger partial charge on any atom is 0.221 e. The van der Waals surface area contributed by atoms with Gasteiger partial charge in [-0.2, -0.15) is 0 Å². The molecular formula is C12H13NO. The highest BCUT2D eigenvalue weighted by Gasteiger charge is 2.25. The smallest absolute Gasteiger partial charge is 0.221 e. The van der Waals surface area contributed by atoms with E-state index in [1.165, 1.54) is 11.1 Å². The van der Waals surface area contributed by atoms with E-state index in [9.17, 15) is 4.79 Å². The highest BCUT2D eigenvalue weighted by molar-refractivity contribution is 5.79. The zero-order chi connectivity index (χ0) is 10.1. The molecule has 0 saturated carbocycles. The lowest BCUT2D eigenvalue weighted by molar-refractivity contribution is -0.121. The average Bonchev–Trinajstić information content (AvgIpc) is 2.60. The van der Waals surface area contributed by atoms with E-state index in [0.717, 1.165) is 0 Å². The third-order valence-electron chi connectivity index (χ3n) is 2.83. The number of amides is 1. The fourth-order valence-electron chi connectivity index (χ4n) is 1.89. The SMILES string of the molecule is CC(C(N)=O)C1C=Cc2ccccc21. The number of fused-ring (bicyclic) bond motifs is 1. The molecule has 0 spiro atoms. The van der Waals surface area contributed by atoms with Crippen LogP contribution in [-0.4, -0.2) is 5.91 Å². The Balaban J connectivity index is 2.35. The van der Waals surface area contributed by atoms with Gasteiger partial charge in [0.1, 0.15) is 0 Å². The molecule has 2 N–H and O–H groups in total. The van der Waals surface area contributed by atoms with Crippen molar-refractivity contribution in [3.8, 4) is 0 Å². The van der Waals surface area contributed by atoms with Gasteiger partial charge in [0, 0.05) is 11.8 Å². The second-order valence-corrected chi connectivity index (χ2v) is 3.70. The average molecular weight is 187 g/mol. The quantitative estimate of drug-likeness (QED) is 0.755. The van der Waals surface area contributed by atoms with Gasteiger partial charge < -0.3 is 5.73 Å². The first-order chi connectivity index (χ1) is 6.70. The molecule has 1 amide bonds. The summed E-state index contributed by atoms with van der Waals surface area (Å²) < 4.78 is 0. The van der Waals surface area contributed by atoms with Crippen LogP contribution in [0.1, 0.15) is 24.0 Å². The van der Waals surface area contributed by atoms with Gasteiger partial charge in [-0.1, -0.05) is 43.3 Å². The highest BCUT2D eigenvalue weighted by atomic mass is 16.1. The van der Waals surface area contributed by atoms with Crippen LogP contribution in [0.25, 0.3) is 6.08 Å². The summed E-state index contributed by atoms with van der Waals surface area (Å²) in [5.74, 6) is -0.213. The Bertz CT molecular complexity index is 395. The zero-order valence-corrected chi connectivity index (χ0v) is 8.10. The molecule has 2 heteroatoms. The number of carbonyl (C=O) groups is 1. The van der Waals surface area contributed by atoms with Gasteiger partial charge in [-0.15, -0.1) is 0 Å². The second-order valence-electron chi connectivity index (χ2n) is 3.70. The highest BCUT2D eigenvalue weighted by Crippen LogP contribution is 2.34. The summed E-state index contributed by atoms with van der Waals surface area (Å²) in [6.45, 7) is 1.87. The molecule has 72 valence electrons. The molecule has 1 aliphatic rings. The first-order valence-corrected chi connectivity index (χ1v) is 4.76. The summed E-state index contributed by atoms with van der Waals surface area (Å²) in [6, 6.07) is 8.10. The summed E-state index contributed by atoms with van der Waals surface area (Å²) in [5.41, 5.74) is 7.71. The molecule has 2 unspecified atom stereocenters. The van der Waals surface area contributed by atoms with Crippen molar-refractivity contribution in [2.45, 2.75) is 12.8 Å². The molecule has 0 fully saturated rings. The summed E-state index contributed by atoms with van der Waals surface area (Å²) in [7, 11) is 0. The van der Waals surface area contributed by atoms with Crippen molar-refractivity contribution in [2.75, 3.05) is 0 Å². The van der Waals surface area contributed by atoms with Crippen LogP contribution in [0.5, 0.6) is 0 Å². The van der Waals surface area contributed by atoms with Gasteiger partial charge in [-0.25, -0.2) is 0 Å². The second kappa shape index (κ2) is 3.29. The molecule has 1 aromatic rings. The first kappa shape index (κ1) is 9.00. The minimum Gasteiger partial charge on any atom is -0.369 e. The van der Waals surface area contributed by atoms with Crippen molar-refractivity contribution >= 4 is 12.0 Å². The Hall–Kier alpha value is -1.57. The van der Waals surface area contributed by atoms with Crippen LogP contribution in [0.15, 0.2) is 30.3 Å². The van der Waals surface area contributed by atoms with Crippen LogP contribution in [0.3, 0.4) is 0 Å². The fraction of sp³-hybridized carbons (Fsp3) is 0.250. The van der Waals surface area contributed by atoms with Gasteiger partial charge in [0.25, 0.3) is 0 Å².